The van der Waals surface area contributed by atoms with Gasteiger partial charge >= 0.3 is 0 Å². The van der Waals surface area contributed by atoms with E-state index in [2.05, 4.69) is 10.4 Å². The Balaban J connectivity index is 1.43. The number of hydrogen-bond donors (Lipinski definition) is 1. The standard InChI is InChI=1S/C24H26Cl2N4O/c1-15-22(24(31)28-29-13-17-5-4-6-18(17)14-29)27-30(21-8-3-2-7-20(21)26)23(15)16-9-11-19(25)12-10-16/h2-3,7-12,15,17-18,23H,4-6,13-14H2,1H3,(H,28,31)/t15-,17?,18?,23+/m1/s1. The summed E-state index contributed by atoms with van der Waals surface area (Å²) in [5.74, 6) is 1.19. The van der Waals surface area contributed by atoms with Crippen molar-refractivity contribution in [3.63, 3.8) is 0 Å². The van der Waals surface area contributed by atoms with E-state index in [1.54, 1.807) is 0 Å². The predicted octanol–water partition coefficient (Wildman–Crippen LogP) is 5.31. The molecule has 1 aliphatic carbocycles. The summed E-state index contributed by atoms with van der Waals surface area (Å²) in [6, 6.07) is 15.2. The van der Waals surface area contributed by atoms with Crippen LogP contribution in [0.5, 0.6) is 0 Å². The van der Waals surface area contributed by atoms with Crippen molar-refractivity contribution < 1.29 is 4.79 Å². The maximum Gasteiger partial charge on any atom is 0.282 e. The van der Waals surface area contributed by atoms with Crippen molar-refractivity contribution in [3.8, 4) is 0 Å². The van der Waals surface area contributed by atoms with Crippen molar-refractivity contribution in [1.82, 2.24) is 10.4 Å². The molecule has 2 fully saturated rings. The molecule has 5 rings (SSSR count). The first kappa shape index (κ1) is 20.8. The Bertz CT molecular complexity index is 997. The fourth-order valence-electron chi connectivity index (χ4n) is 5.34. The monoisotopic (exact) mass is 456 g/mol. The third-order valence-corrected chi connectivity index (χ3v) is 7.48. The average molecular weight is 457 g/mol. The number of hydrazine groups is 1. The maximum atomic E-state index is 13.3. The molecule has 0 radical (unpaired) electrons. The number of carbonyl (C=O) groups excluding carboxylic acids is 1. The van der Waals surface area contributed by atoms with Gasteiger partial charge in [-0.25, -0.2) is 5.01 Å². The van der Waals surface area contributed by atoms with Gasteiger partial charge in [0, 0.05) is 24.0 Å². The quantitative estimate of drug-likeness (QED) is 0.677. The summed E-state index contributed by atoms with van der Waals surface area (Å²) >= 11 is 12.6. The van der Waals surface area contributed by atoms with E-state index in [1.165, 1.54) is 19.3 Å². The third-order valence-electron chi connectivity index (χ3n) is 6.91. The normalized spacial score (nSPS) is 28.0. The third kappa shape index (κ3) is 3.95. The van der Waals surface area contributed by atoms with Gasteiger partial charge in [0.2, 0.25) is 0 Å². The Hall–Kier alpha value is -2.08. The van der Waals surface area contributed by atoms with Gasteiger partial charge in [0.25, 0.3) is 5.91 Å². The highest BCUT2D eigenvalue weighted by Crippen LogP contribution is 2.42. The van der Waals surface area contributed by atoms with Crippen molar-refractivity contribution in [2.24, 2.45) is 22.9 Å². The molecule has 0 bridgehead atoms. The molecular weight excluding hydrogens is 431 g/mol. The molecule has 7 heteroatoms. The number of carbonyl (C=O) groups is 1. The Labute approximate surface area is 193 Å². The number of benzene rings is 2. The Morgan fingerprint density at radius 3 is 2.39 bits per heavy atom. The van der Waals surface area contributed by atoms with Crippen LogP contribution in [0.4, 0.5) is 5.69 Å². The number of nitrogens with zero attached hydrogens (tertiary/aromatic N) is 3. The fraction of sp³-hybridized carbons (Fsp3) is 0.417. The van der Waals surface area contributed by atoms with Gasteiger partial charge in [0.1, 0.15) is 5.71 Å². The topological polar surface area (TPSA) is 47.9 Å². The molecule has 2 unspecified atom stereocenters. The lowest BCUT2D eigenvalue weighted by molar-refractivity contribution is -0.119. The smallest absolute Gasteiger partial charge is 0.282 e. The van der Waals surface area contributed by atoms with E-state index >= 15 is 0 Å². The molecule has 2 heterocycles. The zero-order chi connectivity index (χ0) is 21.5. The van der Waals surface area contributed by atoms with Gasteiger partial charge < -0.3 is 0 Å². The first-order valence-corrected chi connectivity index (χ1v) is 11.7. The van der Waals surface area contributed by atoms with Crippen molar-refractivity contribution in [1.29, 1.82) is 0 Å². The molecule has 2 aliphatic heterocycles. The van der Waals surface area contributed by atoms with Gasteiger partial charge in [-0.1, -0.05) is 60.8 Å². The highest BCUT2D eigenvalue weighted by Gasteiger charge is 2.42. The Morgan fingerprint density at radius 1 is 1.03 bits per heavy atom. The molecule has 1 saturated carbocycles. The van der Waals surface area contributed by atoms with Gasteiger partial charge in [0.15, 0.2) is 0 Å². The summed E-state index contributed by atoms with van der Waals surface area (Å²) in [5.41, 5.74) is 5.48. The molecule has 3 aliphatic rings. The first-order valence-electron chi connectivity index (χ1n) is 10.9. The molecule has 0 spiro atoms. The Kier molecular flexibility index (Phi) is 5.67. The first-order chi connectivity index (χ1) is 15.0. The number of nitrogens with one attached hydrogen (secondary N) is 1. The van der Waals surface area contributed by atoms with Crippen LogP contribution < -0.4 is 10.4 Å². The largest absolute Gasteiger partial charge is 0.284 e. The van der Waals surface area contributed by atoms with Crippen LogP contribution in [0.2, 0.25) is 10.0 Å². The van der Waals surface area contributed by atoms with Crippen molar-refractivity contribution in [2.45, 2.75) is 32.2 Å². The van der Waals surface area contributed by atoms with Crippen LogP contribution in [0.15, 0.2) is 53.6 Å². The number of amides is 1. The molecule has 4 atom stereocenters. The number of rotatable bonds is 4. The molecule has 1 saturated heterocycles. The minimum absolute atomic E-state index is 0.112. The van der Waals surface area contributed by atoms with Crippen molar-refractivity contribution in [3.05, 3.63) is 64.1 Å². The van der Waals surface area contributed by atoms with Gasteiger partial charge in [-0.3, -0.25) is 15.2 Å². The highest BCUT2D eigenvalue weighted by atomic mass is 35.5. The molecule has 1 N–H and O–H groups in total. The lowest BCUT2D eigenvalue weighted by atomic mass is 9.91. The van der Waals surface area contributed by atoms with Crippen LogP contribution in [0.25, 0.3) is 0 Å². The van der Waals surface area contributed by atoms with Crippen LogP contribution in [-0.4, -0.2) is 29.7 Å². The van der Waals surface area contributed by atoms with Crippen LogP contribution >= 0.6 is 23.2 Å². The second-order valence-corrected chi connectivity index (χ2v) is 9.71. The molecule has 1 amide bonds. The zero-order valence-corrected chi connectivity index (χ0v) is 19.0. The van der Waals surface area contributed by atoms with E-state index < -0.39 is 0 Å². The summed E-state index contributed by atoms with van der Waals surface area (Å²) in [6.45, 7) is 3.92. The number of fused-ring (bicyclic) bond motifs is 1. The minimum Gasteiger partial charge on any atom is -0.284 e. The second kappa shape index (κ2) is 8.45. The van der Waals surface area contributed by atoms with E-state index in [9.17, 15) is 4.79 Å². The molecule has 5 nitrogen and oxygen atoms in total. The van der Waals surface area contributed by atoms with Gasteiger partial charge in [-0.15, -0.1) is 0 Å². The number of para-hydroxylation sites is 1. The van der Waals surface area contributed by atoms with Crippen LogP contribution in [0, 0.1) is 17.8 Å². The van der Waals surface area contributed by atoms with Gasteiger partial charge in [-0.05, 0) is 54.5 Å². The number of hydrazone groups is 1. The highest BCUT2D eigenvalue weighted by molar-refractivity contribution is 6.40. The summed E-state index contributed by atoms with van der Waals surface area (Å²) in [5, 5.41) is 10.0. The van der Waals surface area contributed by atoms with E-state index in [0.29, 0.717) is 27.6 Å². The number of halogens is 2. The minimum atomic E-state index is -0.143. The summed E-state index contributed by atoms with van der Waals surface area (Å²) in [4.78, 5) is 13.3. The van der Waals surface area contributed by atoms with E-state index in [1.807, 2.05) is 60.5 Å². The molecule has 31 heavy (non-hydrogen) atoms. The summed E-state index contributed by atoms with van der Waals surface area (Å²) in [6.07, 6.45) is 3.86. The molecular formula is C24H26Cl2N4O. The van der Waals surface area contributed by atoms with E-state index in [-0.39, 0.29) is 17.9 Å². The number of anilines is 1. The van der Waals surface area contributed by atoms with Crippen LogP contribution in [0.3, 0.4) is 0 Å². The summed E-state index contributed by atoms with van der Waals surface area (Å²) in [7, 11) is 0. The molecule has 2 aromatic rings. The maximum absolute atomic E-state index is 13.3. The van der Waals surface area contributed by atoms with E-state index in [0.717, 1.165) is 24.3 Å². The second-order valence-electron chi connectivity index (χ2n) is 8.86. The van der Waals surface area contributed by atoms with Crippen molar-refractivity contribution in [2.75, 3.05) is 18.1 Å². The van der Waals surface area contributed by atoms with Crippen molar-refractivity contribution >= 4 is 40.5 Å². The average Bonchev–Trinajstić information content (AvgIpc) is 3.43. The zero-order valence-electron chi connectivity index (χ0n) is 17.5. The lowest BCUT2D eigenvalue weighted by Gasteiger charge is -2.27. The fourth-order valence-corrected chi connectivity index (χ4v) is 5.69. The predicted molar refractivity (Wildman–Crippen MR) is 125 cm³/mol. The summed E-state index contributed by atoms with van der Waals surface area (Å²) < 4.78 is 0. The van der Waals surface area contributed by atoms with E-state index in [4.69, 9.17) is 28.3 Å². The Morgan fingerprint density at radius 2 is 1.71 bits per heavy atom. The van der Waals surface area contributed by atoms with Crippen LogP contribution in [-0.2, 0) is 4.79 Å². The van der Waals surface area contributed by atoms with Crippen LogP contribution in [0.1, 0.15) is 37.8 Å². The molecule has 162 valence electrons. The lowest BCUT2D eigenvalue weighted by Crippen LogP contribution is -2.45. The number of hydrogen-bond acceptors (Lipinski definition) is 4. The molecule has 2 aromatic carbocycles. The van der Waals surface area contributed by atoms with Gasteiger partial charge in [0.05, 0.1) is 16.8 Å². The SMILES string of the molecule is C[C@@H]1C(C(=O)NN2CC3CCCC3C2)=NN(c2ccccc2Cl)[C@@H]1c1ccc(Cl)cc1. The van der Waals surface area contributed by atoms with Gasteiger partial charge in [-0.2, -0.15) is 5.10 Å². The molecule has 0 aromatic heterocycles.